The summed E-state index contributed by atoms with van der Waals surface area (Å²) in [6.45, 7) is 3.67. The molecule has 1 saturated heterocycles. The fourth-order valence-corrected chi connectivity index (χ4v) is 3.46. The molecule has 0 aromatic heterocycles. The van der Waals surface area contributed by atoms with Crippen LogP contribution in [0.2, 0.25) is 0 Å². The van der Waals surface area contributed by atoms with Crippen molar-refractivity contribution in [2.24, 2.45) is 0 Å². The second-order valence-corrected chi connectivity index (χ2v) is 6.34. The average Bonchev–Trinajstić information content (AvgIpc) is 2.52. The Balaban J connectivity index is 2.01. The van der Waals surface area contributed by atoms with Gasteiger partial charge in [-0.1, -0.05) is 6.07 Å². The summed E-state index contributed by atoms with van der Waals surface area (Å²) in [5, 5.41) is 12.9. The summed E-state index contributed by atoms with van der Waals surface area (Å²) in [5.74, 6) is 0. The minimum atomic E-state index is 0.229. The van der Waals surface area contributed by atoms with Gasteiger partial charge in [-0.15, -0.1) is 0 Å². The predicted octanol–water partition coefficient (Wildman–Crippen LogP) is 2.54. The van der Waals surface area contributed by atoms with Crippen LogP contribution in [-0.4, -0.2) is 44.6 Å². The number of halogens is 1. The fourth-order valence-electron chi connectivity index (χ4n) is 2.81. The van der Waals surface area contributed by atoms with Gasteiger partial charge < -0.3 is 20.1 Å². The number of ether oxygens (including phenoxy) is 1. The lowest BCUT2D eigenvalue weighted by molar-refractivity contribution is 0.199. The van der Waals surface area contributed by atoms with Crippen molar-refractivity contribution in [3.8, 4) is 0 Å². The summed E-state index contributed by atoms with van der Waals surface area (Å²) in [5.41, 5.74) is 2.44. The van der Waals surface area contributed by atoms with Gasteiger partial charge in [0.1, 0.15) is 0 Å². The van der Waals surface area contributed by atoms with Crippen LogP contribution in [0.3, 0.4) is 0 Å². The number of nitrogens with one attached hydrogen (secondary N) is 1. The molecule has 1 fully saturated rings. The van der Waals surface area contributed by atoms with Crippen molar-refractivity contribution >= 4 is 21.6 Å². The summed E-state index contributed by atoms with van der Waals surface area (Å²) < 4.78 is 6.13. The smallest absolute Gasteiger partial charge is 0.0635 e. The number of methoxy groups -OCH3 is 1. The van der Waals surface area contributed by atoms with Gasteiger partial charge in [-0.2, -0.15) is 0 Å². The minimum Gasteiger partial charge on any atom is -0.394 e. The van der Waals surface area contributed by atoms with E-state index in [2.05, 4.69) is 44.3 Å². The third-order valence-electron chi connectivity index (χ3n) is 3.97. The number of hydrogen-bond donors (Lipinski definition) is 2. The van der Waals surface area contributed by atoms with E-state index >= 15 is 0 Å². The topological polar surface area (TPSA) is 44.7 Å². The molecule has 1 aliphatic heterocycles. The Morgan fingerprint density at radius 3 is 3.00 bits per heavy atom. The minimum absolute atomic E-state index is 0.229. The quantitative estimate of drug-likeness (QED) is 0.737. The number of aliphatic hydroxyl groups is 1. The Hall–Kier alpha value is -0.620. The molecule has 1 aromatic rings. The molecule has 0 saturated carbocycles. The zero-order valence-electron chi connectivity index (χ0n) is 12.6. The highest BCUT2D eigenvalue weighted by atomic mass is 79.9. The second-order valence-electron chi connectivity index (χ2n) is 5.48. The number of rotatable bonds is 7. The molecule has 0 aliphatic carbocycles. The van der Waals surface area contributed by atoms with Crippen molar-refractivity contribution in [2.75, 3.05) is 38.3 Å². The molecule has 0 bridgehead atoms. The normalized spacial score (nSPS) is 19.0. The number of anilines is 1. The third-order valence-corrected chi connectivity index (χ3v) is 4.61. The summed E-state index contributed by atoms with van der Waals surface area (Å²) in [6, 6.07) is 6.73. The molecule has 118 valence electrons. The molecule has 0 spiro atoms. The van der Waals surface area contributed by atoms with E-state index in [0.29, 0.717) is 0 Å². The summed E-state index contributed by atoms with van der Waals surface area (Å²) >= 11 is 3.69. The van der Waals surface area contributed by atoms with Crippen LogP contribution in [-0.2, 0) is 11.3 Å². The van der Waals surface area contributed by atoms with Crippen LogP contribution < -0.4 is 10.2 Å². The van der Waals surface area contributed by atoms with E-state index in [9.17, 15) is 5.11 Å². The van der Waals surface area contributed by atoms with Crippen LogP contribution in [0.1, 0.15) is 24.8 Å². The highest BCUT2D eigenvalue weighted by molar-refractivity contribution is 9.10. The van der Waals surface area contributed by atoms with Gasteiger partial charge in [0.2, 0.25) is 0 Å². The van der Waals surface area contributed by atoms with Crippen molar-refractivity contribution < 1.29 is 9.84 Å². The summed E-state index contributed by atoms with van der Waals surface area (Å²) in [6.07, 6.45) is 3.48. The van der Waals surface area contributed by atoms with Crippen LogP contribution in [0.25, 0.3) is 0 Å². The van der Waals surface area contributed by atoms with E-state index in [0.717, 1.165) is 37.1 Å². The van der Waals surface area contributed by atoms with Gasteiger partial charge in [0.15, 0.2) is 0 Å². The molecule has 4 nitrogen and oxygen atoms in total. The van der Waals surface area contributed by atoms with E-state index < -0.39 is 0 Å². The fraction of sp³-hybridized carbons (Fsp3) is 0.625. The van der Waals surface area contributed by atoms with Crippen molar-refractivity contribution in [3.05, 3.63) is 28.2 Å². The maximum Gasteiger partial charge on any atom is 0.0635 e. The van der Waals surface area contributed by atoms with Crippen molar-refractivity contribution in [1.82, 2.24) is 5.32 Å². The molecule has 2 rings (SSSR count). The first-order valence-corrected chi connectivity index (χ1v) is 8.41. The molecule has 1 heterocycles. The largest absolute Gasteiger partial charge is 0.394 e. The highest BCUT2D eigenvalue weighted by Gasteiger charge is 2.23. The monoisotopic (exact) mass is 356 g/mol. The van der Waals surface area contributed by atoms with Gasteiger partial charge in [-0.3, -0.25) is 0 Å². The van der Waals surface area contributed by atoms with Gasteiger partial charge in [0, 0.05) is 31.2 Å². The van der Waals surface area contributed by atoms with Crippen molar-refractivity contribution in [2.45, 2.75) is 31.8 Å². The first kappa shape index (κ1) is 16.7. The summed E-state index contributed by atoms with van der Waals surface area (Å²) in [4.78, 5) is 2.33. The van der Waals surface area contributed by atoms with Crippen LogP contribution in [0.15, 0.2) is 22.7 Å². The van der Waals surface area contributed by atoms with E-state index in [-0.39, 0.29) is 12.6 Å². The van der Waals surface area contributed by atoms with Gasteiger partial charge in [0.05, 0.1) is 24.9 Å². The number of nitrogens with zero attached hydrogens (tertiary/aromatic N) is 1. The lowest BCUT2D eigenvalue weighted by Crippen LogP contribution is -2.42. The molecule has 21 heavy (non-hydrogen) atoms. The molecule has 5 heteroatoms. The third kappa shape index (κ3) is 4.68. The van der Waals surface area contributed by atoms with Gasteiger partial charge in [-0.25, -0.2) is 0 Å². The summed E-state index contributed by atoms with van der Waals surface area (Å²) in [7, 11) is 1.71. The molecule has 1 aromatic carbocycles. The molecule has 2 N–H and O–H groups in total. The van der Waals surface area contributed by atoms with Crippen molar-refractivity contribution in [1.29, 1.82) is 0 Å². The molecule has 0 amide bonds. The number of piperidine rings is 1. The standard InChI is InChI=1S/C16H25BrN2O2/c1-21-9-7-18-11-13-5-6-16(15(17)10-13)19-8-3-2-4-14(19)12-20/h5-6,10,14,18,20H,2-4,7-9,11-12H2,1H3. The van der Waals surface area contributed by atoms with E-state index in [1.54, 1.807) is 7.11 Å². The average molecular weight is 357 g/mol. The lowest BCUT2D eigenvalue weighted by atomic mass is 10.0. The van der Waals surface area contributed by atoms with E-state index in [1.165, 1.54) is 24.1 Å². The Labute approximate surface area is 135 Å². The Bertz CT molecular complexity index is 442. The zero-order valence-corrected chi connectivity index (χ0v) is 14.2. The Morgan fingerprint density at radius 1 is 1.43 bits per heavy atom. The lowest BCUT2D eigenvalue weighted by Gasteiger charge is -2.37. The van der Waals surface area contributed by atoms with Gasteiger partial charge in [-0.05, 0) is 52.9 Å². The molecule has 1 unspecified atom stereocenters. The highest BCUT2D eigenvalue weighted by Crippen LogP contribution is 2.32. The molecular weight excluding hydrogens is 332 g/mol. The maximum atomic E-state index is 9.56. The Morgan fingerprint density at radius 2 is 2.29 bits per heavy atom. The molecule has 0 radical (unpaired) electrons. The molecule has 1 atom stereocenters. The Kier molecular flexibility index (Phi) is 6.96. The van der Waals surface area contributed by atoms with E-state index in [1.807, 2.05) is 0 Å². The molecular formula is C16H25BrN2O2. The predicted molar refractivity (Wildman–Crippen MR) is 89.8 cm³/mol. The van der Waals surface area contributed by atoms with Crippen LogP contribution >= 0.6 is 15.9 Å². The zero-order chi connectivity index (χ0) is 15.1. The van der Waals surface area contributed by atoms with Crippen LogP contribution in [0.5, 0.6) is 0 Å². The SMILES string of the molecule is COCCNCc1ccc(N2CCCCC2CO)c(Br)c1. The van der Waals surface area contributed by atoms with Gasteiger partial charge >= 0.3 is 0 Å². The van der Waals surface area contributed by atoms with Gasteiger partial charge in [0.25, 0.3) is 0 Å². The second kappa shape index (κ2) is 8.73. The number of hydrogen-bond acceptors (Lipinski definition) is 4. The van der Waals surface area contributed by atoms with E-state index in [4.69, 9.17) is 4.74 Å². The first-order chi connectivity index (χ1) is 10.3. The molecule has 1 aliphatic rings. The van der Waals surface area contributed by atoms with Crippen molar-refractivity contribution in [3.63, 3.8) is 0 Å². The number of benzene rings is 1. The first-order valence-electron chi connectivity index (χ1n) is 7.62. The number of aliphatic hydroxyl groups excluding tert-OH is 1. The maximum absolute atomic E-state index is 9.56. The van der Waals surface area contributed by atoms with Crippen LogP contribution in [0, 0.1) is 0 Å². The van der Waals surface area contributed by atoms with Crippen LogP contribution in [0.4, 0.5) is 5.69 Å².